The molecule has 0 radical (unpaired) electrons. The number of benzene rings is 4. The summed E-state index contributed by atoms with van der Waals surface area (Å²) in [6.07, 6.45) is 6.36. The van der Waals surface area contributed by atoms with Gasteiger partial charge in [-0.15, -0.1) is 0 Å². The lowest BCUT2D eigenvalue weighted by atomic mass is 9.74. The van der Waals surface area contributed by atoms with E-state index in [1.807, 2.05) is 0 Å². The number of allylic oxidation sites excluding steroid dienone is 7. The summed E-state index contributed by atoms with van der Waals surface area (Å²) in [5.41, 5.74) is 1.24. The van der Waals surface area contributed by atoms with E-state index in [0.717, 1.165) is 12.1 Å². The Kier molecular flexibility index (Phi) is 9.99. The molecule has 1 aliphatic heterocycles. The molecule has 1 heterocycles. The number of fused-ring (bicyclic) bond motifs is 4. The summed E-state index contributed by atoms with van der Waals surface area (Å²) >= 11 is 6.59. The Hall–Kier alpha value is -3.91. The third-order valence-electron chi connectivity index (χ3n) is 9.35. The number of rotatable bonds is 9. The topological polar surface area (TPSA) is 230 Å². The Balaban J connectivity index is 1.54. The van der Waals surface area contributed by atoms with Gasteiger partial charge in [-0.1, -0.05) is 70.1 Å². The molecule has 13 nitrogen and oxygen atoms in total. The zero-order chi connectivity index (χ0) is 39.9. The van der Waals surface area contributed by atoms with Gasteiger partial charge in [0.25, 0.3) is 40.5 Å². The van der Waals surface area contributed by atoms with Crippen LogP contribution in [0.5, 0.6) is 0 Å². The van der Waals surface area contributed by atoms with Crippen molar-refractivity contribution in [1.82, 2.24) is 0 Å². The van der Waals surface area contributed by atoms with Crippen LogP contribution in [-0.4, -0.2) is 51.9 Å². The van der Waals surface area contributed by atoms with Crippen LogP contribution in [0.4, 0.5) is 5.69 Å². The van der Waals surface area contributed by atoms with Crippen LogP contribution in [-0.2, 0) is 51.3 Å². The molecular formula is C35H34ClNO12S4. The monoisotopic (exact) mass is 823 g/mol. The molecule has 4 aromatic carbocycles. The molecule has 0 aliphatic carbocycles. The van der Waals surface area contributed by atoms with Gasteiger partial charge < -0.3 is 5.32 Å². The molecule has 1 aliphatic rings. The van der Waals surface area contributed by atoms with E-state index in [0.29, 0.717) is 45.8 Å². The smallest absolute Gasteiger partial charge is 0.295 e. The molecule has 0 saturated carbocycles. The lowest BCUT2D eigenvalue weighted by Gasteiger charge is -2.30. The first-order chi connectivity index (χ1) is 24.1. The van der Waals surface area contributed by atoms with Crippen LogP contribution in [0.1, 0.15) is 44.4 Å². The van der Waals surface area contributed by atoms with E-state index < -0.39 is 70.9 Å². The molecule has 53 heavy (non-hydrogen) atoms. The Morgan fingerprint density at radius 1 is 0.736 bits per heavy atom. The number of aryl methyl sites for hydroxylation is 1. The third kappa shape index (κ3) is 7.58. The molecular weight excluding hydrogens is 790 g/mol. The number of anilines is 1. The molecule has 18 heteroatoms. The van der Waals surface area contributed by atoms with Crippen molar-refractivity contribution in [3.05, 3.63) is 112 Å². The minimum atomic E-state index is -4.91. The summed E-state index contributed by atoms with van der Waals surface area (Å²) < 4.78 is 136. The Morgan fingerprint density at radius 2 is 1.23 bits per heavy atom. The van der Waals surface area contributed by atoms with Crippen molar-refractivity contribution >= 4 is 79.3 Å². The van der Waals surface area contributed by atoms with Crippen LogP contribution in [0.25, 0.3) is 21.5 Å². The van der Waals surface area contributed by atoms with Crippen molar-refractivity contribution in [2.45, 2.75) is 65.0 Å². The van der Waals surface area contributed by atoms with Crippen molar-refractivity contribution in [3.63, 3.8) is 0 Å². The molecule has 0 spiro atoms. The summed E-state index contributed by atoms with van der Waals surface area (Å²) in [4.78, 5) is -2.83. The van der Waals surface area contributed by atoms with Gasteiger partial charge in [-0.05, 0) is 88.5 Å². The highest BCUT2D eigenvalue weighted by Crippen LogP contribution is 2.48. The second kappa shape index (κ2) is 13.1. The summed E-state index contributed by atoms with van der Waals surface area (Å²) in [5, 5.41) is 3.81. The van der Waals surface area contributed by atoms with E-state index in [2.05, 4.69) is 11.9 Å². The van der Waals surface area contributed by atoms with Crippen LogP contribution in [0.15, 0.2) is 115 Å². The maximum atomic E-state index is 12.3. The first kappa shape index (κ1) is 40.3. The summed E-state index contributed by atoms with van der Waals surface area (Å²) in [6, 6.07) is 9.65. The predicted molar refractivity (Wildman–Crippen MR) is 202 cm³/mol. The fraction of sp³-hybridized carbons (Fsp3) is 0.200. The number of hydrogen-bond donors (Lipinski definition) is 5. The highest BCUT2D eigenvalue weighted by Gasteiger charge is 2.37. The van der Waals surface area contributed by atoms with Crippen LogP contribution in [0, 0.1) is 6.92 Å². The minimum Gasteiger partial charge on any atom is -0.358 e. The second-order valence-corrected chi connectivity index (χ2v) is 19.6. The molecule has 5 rings (SSSR count). The zero-order valence-electron chi connectivity index (χ0n) is 28.7. The highest BCUT2D eigenvalue weighted by atomic mass is 35.5. The van der Waals surface area contributed by atoms with Crippen molar-refractivity contribution < 1.29 is 51.9 Å². The van der Waals surface area contributed by atoms with Gasteiger partial charge in [-0.25, -0.2) is 0 Å². The lowest BCUT2D eigenvalue weighted by molar-refractivity contribution is 0.477. The largest absolute Gasteiger partial charge is 0.358 e. The van der Waals surface area contributed by atoms with Crippen LogP contribution >= 0.6 is 11.6 Å². The fourth-order valence-electron chi connectivity index (χ4n) is 6.64. The van der Waals surface area contributed by atoms with Gasteiger partial charge in [0.1, 0.15) is 9.79 Å². The van der Waals surface area contributed by atoms with Crippen molar-refractivity contribution in [2.24, 2.45) is 0 Å². The van der Waals surface area contributed by atoms with Gasteiger partial charge in [-0.3, -0.25) is 18.2 Å². The highest BCUT2D eigenvalue weighted by molar-refractivity contribution is 7.87. The minimum absolute atomic E-state index is 0.0266. The van der Waals surface area contributed by atoms with Crippen molar-refractivity contribution in [3.8, 4) is 0 Å². The maximum Gasteiger partial charge on any atom is 0.295 e. The first-order valence-electron chi connectivity index (χ1n) is 15.4. The van der Waals surface area contributed by atoms with E-state index in [4.69, 9.17) is 11.6 Å². The fourth-order valence-corrected chi connectivity index (χ4v) is 9.45. The Labute approximate surface area is 312 Å². The second-order valence-electron chi connectivity index (χ2n) is 13.5. The average Bonchev–Trinajstić information content (AvgIpc) is 3.28. The number of hydrogen-bond acceptors (Lipinski definition) is 9. The molecule has 0 aromatic heterocycles. The predicted octanol–water partition coefficient (Wildman–Crippen LogP) is 7.09. The molecule has 0 saturated heterocycles. The van der Waals surface area contributed by atoms with Gasteiger partial charge >= 0.3 is 0 Å². The SMILES string of the molecule is C=C(/C=C/C(Cl)=C/C=C1/Nc2ccc3c(S(=O)(=O)O)cc(S(=O)(=O)O)cc3c2C1(C)C)C(C)(C)c1c(C)ccc2c(S(=O)(=O)O)cc(S(=O)(=O)O)cc12. The normalized spacial score (nSPS) is 16.4. The summed E-state index contributed by atoms with van der Waals surface area (Å²) in [5.74, 6) is 0. The van der Waals surface area contributed by atoms with E-state index in [1.165, 1.54) is 18.2 Å². The molecule has 5 N–H and O–H groups in total. The standard InChI is InChI=1S/C35H34ClNO12S4/c1-19-7-11-24-26(15-22(50(38,39)40)17-29(24)52(44,45)46)32(19)34(3,4)20(2)8-9-21(36)10-14-31-35(5,6)33-27-16-23(51(41,42)43)18-30(53(47,48)49)25(27)12-13-28(33)37-31/h7-18,37H,2H2,1,3-6H3,(H,38,39,40)(H,41,42,43)(H,44,45,46)(H,47,48,49)/b9-8+,21-10-,31-14+. The van der Waals surface area contributed by atoms with Crippen LogP contribution in [0.2, 0.25) is 0 Å². The van der Waals surface area contributed by atoms with Crippen molar-refractivity contribution in [2.75, 3.05) is 5.32 Å². The lowest BCUT2D eigenvalue weighted by Crippen LogP contribution is -2.21. The molecule has 0 amide bonds. The van der Waals surface area contributed by atoms with Gasteiger partial charge in [0, 0.05) is 38.0 Å². The van der Waals surface area contributed by atoms with Gasteiger partial charge in [0.05, 0.1) is 9.79 Å². The Morgan fingerprint density at radius 3 is 1.74 bits per heavy atom. The van der Waals surface area contributed by atoms with E-state index in [-0.39, 0.29) is 26.6 Å². The third-order valence-corrected chi connectivity index (χ3v) is 13.1. The van der Waals surface area contributed by atoms with Gasteiger partial charge in [0.2, 0.25) is 0 Å². The molecule has 0 atom stereocenters. The molecule has 0 bridgehead atoms. The molecule has 4 aromatic rings. The van der Waals surface area contributed by atoms with E-state index in [9.17, 15) is 51.9 Å². The van der Waals surface area contributed by atoms with E-state index >= 15 is 0 Å². The molecule has 0 unspecified atom stereocenters. The van der Waals surface area contributed by atoms with Gasteiger partial charge in [0.15, 0.2) is 0 Å². The average molecular weight is 824 g/mol. The van der Waals surface area contributed by atoms with Gasteiger partial charge in [-0.2, -0.15) is 33.7 Å². The van der Waals surface area contributed by atoms with E-state index in [1.54, 1.807) is 65.0 Å². The van der Waals surface area contributed by atoms with Crippen LogP contribution < -0.4 is 5.32 Å². The van der Waals surface area contributed by atoms with Crippen molar-refractivity contribution in [1.29, 1.82) is 0 Å². The summed E-state index contributed by atoms with van der Waals surface area (Å²) in [7, 11) is -19.5. The number of halogens is 1. The number of nitrogens with one attached hydrogen (secondary N) is 1. The van der Waals surface area contributed by atoms with Crippen LogP contribution in [0.3, 0.4) is 0 Å². The molecule has 282 valence electrons. The molecule has 0 fully saturated rings. The Bertz CT molecular complexity index is 2840. The maximum absolute atomic E-state index is 12.3. The zero-order valence-corrected chi connectivity index (χ0v) is 32.7. The quantitative estimate of drug-likeness (QED) is 0.0840. The summed E-state index contributed by atoms with van der Waals surface area (Å²) in [6.45, 7) is 13.0. The first-order valence-corrected chi connectivity index (χ1v) is 21.5.